The molecule has 0 atom stereocenters. The fraction of sp³-hybridized carbons (Fsp3) is 0.667. The van der Waals surface area contributed by atoms with Crippen molar-refractivity contribution in [3.63, 3.8) is 0 Å². The first-order valence-corrected chi connectivity index (χ1v) is 6.35. The summed E-state index contributed by atoms with van der Waals surface area (Å²) in [5, 5.41) is 8.73. The number of aromatic amines is 1. The molecule has 2 N–H and O–H groups in total. The Labute approximate surface area is 111 Å². The van der Waals surface area contributed by atoms with E-state index in [0.29, 0.717) is 12.4 Å². The normalized spacial score (nSPS) is 16.6. The molecule has 0 spiro atoms. The van der Waals surface area contributed by atoms with E-state index in [4.69, 9.17) is 14.6 Å². The number of H-pyrrole nitrogens is 1. The molecule has 19 heavy (non-hydrogen) atoms. The Morgan fingerprint density at radius 2 is 2.26 bits per heavy atom. The average molecular weight is 269 g/mol. The van der Waals surface area contributed by atoms with Gasteiger partial charge in [-0.3, -0.25) is 4.79 Å². The summed E-state index contributed by atoms with van der Waals surface area (Å²) < 4.78 is 10.6. The summed E-state index contributed by atoms with van der Waals surface area (Å²) >= 11 is 0. The predicted octanol–water partition coefficient (Wildman–Crippen LogP) is -0.244. The van der Waals surface area contributed by atoms with Crippen LogP contribution in [0, 0.1) is 0 Å². The minimum Gasteiger partial charge on any atom is -0.489 e. The van der Waals surface area contributed by atoms with Crippen LogP contribution >= 0.6 is 0 Å². The van der Waals surface area contributed by atoms with Gasteiger partial charge in [-0.05, 0) is 12.8 Å². The van der Waals surface area contributed by atoms with Crippen LogP contribution in [0.5, 0.6) is 5.75 Å². The van der Waals surface area contributed by atoms with Gasteiger partial charge in [0.05, 0.1) is 32.8 Å². The molecular formula is C12H19N3O4. The first kappa shape index (κ1) is 13.8. The molecule has 1 fully saturated rings. The minimum atomic E-state index is -0.272. The van der Waals surface area contributed by atoms with E-state index < -0.39 is 0 Å². The zero-order valence-electron chi connectivity index (χ0n) is 11.0. The van der Waals surface area contributed by atoms with Gasteiger partial charge in [0, 0.05) is 13.1 Å². The SMILES string of the molecule is COc1c(N2CCC(OCCO)CC2)nc[nH]c1=O. The highest BCUT2D eigenvalue weighted by atomic mass is 16.5. The number of nitrogens with one attached hydrogen (secondary N) is 1. The van der Waals surface area contributed by atoms with Crippen molar-refractivity contribution in [1.29, 1.82) is 0 Å². The molecule has 0 radical (unpaired) electrons. The Hall–Kier alpha value is -1.60. The van der Waals surface area contributed by atoms with Crippen molar-refractivity contribution in [3.8, 4) is 5.75 Å². The Bertz CT molecular complexity index is 455. The van der Waals surface area contributed by atoms with E-state index in [9.17, 15) is 4.79 Å². The van der Waals surface area contributed by atoms with Gasteiger partial charge < -0.3 is 24.5 Å². The fourth-order valence-corrected chi connectivity index (χ4v) is 2.24. The smallest absolute Gasteiger partial charge is 0.295 e. The van der Waals surface area contributed by atoms with Gasteiger partial charge in [-0.25, -0.2) is 4.98 Å². The zero-order valence-corrected chi connectivity index (χ0v) is 11.0. The number of ether oxygens (including phenoxy) is 2. The molecule has 2 rings (SSSR count). The van der Waals surface area contributed by atoms with E-state index in [-0.39, 0.29) is 24.0 Å². The second-order valence-corrected chi connectivity index (χ2v) is 4.37. The summed E-state index contributed by atoms with van der Waals surface area (Å²) in [6.07, 6.45) is 3.24. The van der Waals surface area contributed by atoms with Crippen molar-refractivity contribution in [2.45, 2.75) is 18.9 Å². The Kier molecular flexibility index (Phi) is 4.75. The maximum absolute atomic E-state index is 11.6. The number of piperidine rings is 1. The van der Waals surface area contributed by atoms with E-state index in [2.05, 4.69) is 9.97 Å². The van der Waals surface area contributed by atoms with Crippen LogP contribution in [0.1, 0.15) is 12.8 Å². The van der Waals surface area contributed by atoms with Crippen molar-refractivity contribution >= 4 is 5.82 Å². The topological polar surface area (TPSA) is 87.7 Å². The average Bonchev–Trinajstić information content (AvgIpc) is 2.45. The lowest BCUT2D eigenvalue weighted by Gasteiger charge is -2.32. The van der Waals surface area contributed by atoms with Crippen LogP contribution in [-0.4, -0.2) is 54.6 Å². The molecule has 7 heteroatoms. The van der Waals surface area contributed by atoms with Crippen LogP contribution in [0.3, 0.4) is 0 Å². The Balaban J connectivity index is 2.02. The highest BCUT2D eigenvalue weighted by Gasteiger charge is 2.23. The second-order valence-electron chi connectivity index (χ2n) is 4.37. The monoisotopic (exact) mass is 269 g/mol. The van der Waals surface area contributed by atoms with Gasteiger partial charge in [-0.1, -0.05) is 0 Å². The highest BCUT2D eigenvalue weighted by Crippen LogP contribution is 2.24. The maximum Gasteiger partial charge on any atom is 0.295 e. The maximum atomic E-state index is 11.6. The lowest BCUT2D eigenvalue weighted by molar-refractivity contribution is 0.0158. The van der Waals surface area contributed by atoms with Crippen molar-refractivity contribution in [1.82, 2.24) is 9.97 Å². The summed E-state index contributed by atoms with van der Waals surface area (Å²) in [5.41, 5.74) is -0.272. The molecule has 1 aliphatic rings. The molecule has 0 saturated carbocycles. The molecule has 0 unspecified atom stereocenters. The second kappa shape index (κ2) is 6.53. The van der Waals surface area contributed by atoms with Crippen molar-refractivity contribution in [2.24, 2.45) is 0 Å². The van der Waals surface area contributed by atoms with Gasteiger partial charge in [0.25, 0.3) is 5.56 Å². The molecule has 0 aromatic carbocycles. The van der Waals surface area contributed by atoms with Crippen molar-refractivity contribution in [2.75, 3.05) is 38.3 Å². The first-order chi connectivity index (χ1) is 9.26. The molecule has 0 amide bonds. The Morgan fingerprint density at radius 1 is 1.53 bits per heavy atom. The lowest BCUT2D eigenvalue weighted by Crippen LogP contribution is -2.38. The molecule has 0 bridgehead atoms. The number of rotatable bonds is 5. The minimum absolute atomic E-state index is 0.0453. The number of aliphatic hydroxyl groups is 1. The summed E-state index contributed by atoms with van der Waals surface area (Å²) in [7, 11) is 1.47. The van der Waals surface area contributed by atoms with Crippen LogP contribution in [0.25, 0.3) is 0 Å². The molecule has 106 valence electrons. The molecule has 1 aromatic heterocycles. The third kappa shape index (κ3) is 3.24. The van der Waals surface area contributed by atoms with E-state index in [0.717, 1.165) is 25.9 Å². The molecule has 0 aliphatic carbocycles. The third-order valence-corrected chi connectivity index (χ3v) is 3.18. The number of nitrogens with zero attached hydrogens (tertiary/aromatic N) is 2. The van der Waals surface area contributed by atoms with Gasteiger partial charge in [-0.15, -0.1) is 0 Å². The zero-order chi connectivity index (χ0) is 13.7. The molecular weight excluding hydrogens is 250 g/mol. The van der Waals surface area contributed by atoms with Crippen LogP contribution < -0.4 is 15.2 Å². The molecule has 2 heterocycles. The van der Waals surface area contributed by atoms with Crippen molar-refractivity contribution < 1.29 is 14.6 Å². The number of hydrogen-bond donors (Lipinski definition) is 2. The number of aliphatic hydroxyl groups excluding tert-OH is 1. The van der Waals surface area contributed by atoms with E-state index in [1.165, 1.54) is 13.4 Å². The summed E-state index contributed by atoms with van der Waals surface area (Å²) in [5.74, 6) is 0.823. The number of aromatic nitrogens is 2. The van der Waals surface area contributed by atoms with Crippen LogP contribution in [0.2, 0.25) is 0 Å². The molecule has 1 saturated heterocycles. The quantitative estimate of drug-likeness (QED) is 0.767. The number of anilines is 1. The van der Waals surface area contributed by atoms with Gasteiger partial charge in [0.2, 0.25) is 5.75 Å². The van der Waals surface area contributed by atoms with E-state index in [1.54, 1.807) is 0 Å². The fourth-order valence-electron chi connectivity index (χ4n) is 2.24. The molecule has 1 aliphatic heterocycles. The number of methoxy groups -OCH3 is 1. The first-order valence-electron chi connectivity index (χ1n) is 6.35. The predicted molar refractivity (Wildman–Crippen MR) is 69.7 cm³/mol. The number of hydrogen-bond acceptors (Lipinski definition) is 6. The summed E-state index contributed by atoms with van der Waals surface area (Å²) in [4.78, 5) is 20.3. The largest absolute Gasteiger partial charge is 0.489 e. The third-order valence-electron chi connectivity index (χ3n) is 3.18. The van der Waals surface area contributed by atoms with Gasteiger partial charge in [0.1, 0.15) is 0 Å². The van der Waals surface area contributed by atoms with Gasteiger partial charge >= 0.3 is 0 Å². The van der Waals surface area contributed by atoms with Crippen LogP contribution in [0.4, 0.5) is 5.82 Å². The standard InChI is InChI=1S/C12H19N3O4/c1-18-10-11(13-8-14-12(10)17)15-4-2-9(3-5-15)19-7-6-16/h8-9,16H,2-7H2,1H3,(H,13,14,17). The highest BCUT2D eigenvalue weighted by molar-refractivity contribution is 5.50. The summed E-state index contributed by atoms with van der Waals surface area (Å²) in [6.45, 7) is 1.92. The van der Waals surface area contributed by atoms with Gasteiger partial charge in [-0.2, -0.15) is 0 Å². The summed E-state index contributed by atoms with van der Waals surface area (Å²) in [6, 6.07) is 0. The molecule has 1 aromatic rings. The van der Waals surface area contributed by atoms with Gasteiger partial charge in [0.15, 0.2) is 5.82 Å². The van der Waals surface area contributed by atoms with Crippen LogP contribution in [-0.2, 0) is 4.74 Å². The molecule has 7 nitrogen and oxygen atoms in total. The van der Waals surface area contributed by atoms with Crippen LogP contribution in [0.15, 0.2) is 11.1 Å². The van der Waals surface area contributed by atoms with E-state index >= 15 is 0 Å². The van der Waals surface area contributed by atoms with E-state index in [1.807, 2.05) is 4.90 Å². The Morgan fingerprint density at radius 3 is 2.89 bits per heavy atom. The van der Waals surface area contributed by atoms with Crippen molar-refractivity contribution in [3.05, 3.63) is 16.7 Å². The lowest BCUT2D eigenvalue weighted by atomic mass is 10.1.